The highest BCUT2D eigenvalue weighted by molar-refractivity contribution is 7.46. The third kappa shape index (κ3) is 18.1. The molecule has 0 fully saturated rings. The maximum atomic E-state index is 11.8. The maximum absolute atomic E-state index is 11.8. The van der Waals surface area contributed by atoms with Crippen LogP contribution in [-0.4, -0.2) is 47.0 Å². The normalized spacial score (nSPS) is 13.0. The molecule has 0 aliphatic heterocycles. The van der Waals surface area contributed by atoms with Crippen molar-refractivity contribution >= 4 is 13.8 Å². The predicted molar refractivity (Wildman–Crippen MR) is 92.8 cm³/mol. The number of hydrogen-bond donors (Lipinski definition) is 3. The Labute approximate surface area is 150 Å². The standard InChI is InChI=1S/C16H33O8P/c1-2-3-4-5-6-7-8-9-10-11-16(18)24-15(12-22-14-17)13-23-25(19,20)21/h15,17H,2-14H2,1H3,(H2,19,20,21)/t15-/m0/s1. The van der Waals surface area contributed by atoms with E-state index in [-0.39, 0.29) is 13.0 Å². The van der Waals surface area contributed by atoms with Gasteiger partial charge in [0.2, 0.25) is 0 Å². The van der Waals surface area contributed by atoms with Gasteiger partial charge in [0.1, 0.15) is 12.9 Å². The lowest BCUT2D eigenvalue weighted by molar-refractivity contribution is -0.157. The van der Waals surface area contributed by atoms with Crippen molar-refractivity contribution in [3.05, 3.63) is 0 Å². The van der Waals surface area contributed by atoms with Crippen molar-refractivity contribution < 1.29 is 38.3 Å². The summed E-state index contributed by atoms with van der Waals surface area (Å²) in [6, 6.07) is 0. The molecule has 8 nitrogen and oxygen atoms in total. The van der Waals surface area contributed by atoms with Crippen LogP contribution in [0.2, 0.25) is 0 Å². The lowest BCUT2D eigenvalue weighted by atomic mass is 10.1. The maximum Gasteiger partial charge on any atom is 0.469 e. The van der Waals surface area contributed by atoms with Gasteiger partial charge < -0.3 is 24.4 Å². The summed E-state index contributed by atoms with van der Waals surface area (Å²) in [6.45, 7) is 0.925. The SMILES string of the molecule is CCCCCCCCCCCC(=O)O[C@@H](COCO)COP(=O)(O)O. The van der Waals surface area contributed by atoms with E-state index in [9.17, 15) is 9.36 Å². The summed E-state index contributed by atoms with van der Waals surface area (Å²) in [5.41, 5.74) is 0. The lowest BCUT2D eigenvalue weighted by Crippen LogP contribution is -2.28. The fourth-order valence-corrected chi connectivity index (χ4v) is 2.67. The molecule has 0 aromatic carbocycles. The molecule has 0 aliphatic rings. The molecule has 25 heavy (non-hydrogen) atoms. The smallest absolute Gasteiger partial charge is 0.457 e. The Morgan fingerprint density at radius 3 is 2.04 bits per heavy atom. The van der Waals surface area contributed by atoms with Gasteiger partial charge in [-0.05, 0) is 6.42 Å². The number of aliphatic hydroxyl groups excluding tert-OH is 1. The molecular formula is C16H33O8P. The Morgan fingerprint density at radius 2 is 1.52 bits per heavy atom. The third-order valence-electron chi connectivity index (χ3n) is 3.61. The summed E-state index contributed by atoms with van der Waals surface area (Å²) in [5, 5.41) is 8.61. The van der Waals surface area contributed by atoms with Gasteiger partial charge in [0.15, 0.2) is 0 Å². The van der Waals surface area contributed by atoms with Crippen LogP contribution in [0.1, 0.15) is 71.1 Å². The van der Waals surface area contributed by atoms with Crippen LogP contribution >= 0.6 is 7.82 Å². The number of aliphatic hydroxyl groups is 1. The summed E-state index contributed by atoms with van der Waals surface area (Å²) in [7, 11) is -4.65. The molecule has 0 rings (SSSR count). The molecule has 0 amide bonds. The zero-order chi connectivity index (χ0) is 19.0. The number of phosphoric ester groups is 1. The lowest BCUT2D eigenvalue weighted by Gasteiger charge is -2.17. The van der Waals surface area contributed by atoms with Crippen molar-refractivity contribution in [2.24, 2.45) is 0 Å². The second-order valence-corrected chi connectivity index (χ2v) is 7.22. The monoisotopic (exact) mass is 384 g/mol. The van der Waals surface area contributed by atoms with E-state index < -0.39 is 33.3 Å². The fourth-order valence-electron chi connectivity index (χ4n) is 2.31. The van der Waals surface area contributed by atoms with Gasteiger partial charge in [-0.25, -0.2) is 4.57 Å². The van der Waals surface area contributed by atoms with Gasteiger partial charge in [-0.15, -0.1) is 0 Å². The number of unbranched alkanes of at least 4 members (excludes halogenated alkanes) is 8. The molecule has 150 valence electrons. The second-order valence-electron chi connectivity index (χ2n) is 5.98. The average molecular weight is 384 g/mol. The summed E-state index contributed by atoms with van der Waals surface area (Å²) in [6.07, 6.45) is 9.49. The zero-order valence-electron chi connectivity index (χ0n) is 15.1. The molecule has 0 aliphatic carbocycles. The number of carbonyl (C=O) groups is 1. The number of rotatable bonds is 17. The molecule has 1 atom stereocenters. The first-order chi connectivity index (χ1) is 11.9. The molecule has 0 radical (unpaired) electrons. The van der Waals surface area contributed by atoms with Crippen LogP contribution in [-0.2, 0) is 23.4 Å². The van der Waals surface area contributed by atoms with Gasteiger partial charge in [0.25, 0.3) is 0 Å². The Balaban J connectivity index is 3.80. The van der Waals surface area contributed by atoms with Gasteiger partial charge in [-0.3, -0.25) is 9.32 Å². The Morgan fingerprint density at radius 1 is 0.960 bits per heavy atom. The van der Waals surface area contributed by atoms with E-state index in [1.165, 1.54) is 38.5 Å². The first-order valence-corrected chi connectivity index (χ1v) is 10.5. The number of ether oxygens (including phenoxy) is 2. The van der Waals surface area contributed by atoms with Crippen molar-refractivity contribution in [1.29, 1.82) is 0 Å². The molecular weight excluding hydrogens is 351 g/mol. The van der Waals surface area contributed by atoms with Crippen LogP contribution < -0.4 is 0 Å². The van der Waals surface area contributed by atoms with Crippen LogP contribution in [0.25, 0.3) is 0 Å². The molecule has 3 N–H and O–H groups in total. The van der Waals surface area contributed by atoms with Crippen molar-refractivity contribution in [3.63, 3.8) is 0 Å². The minimum absolute atomic E-state index is 0.194. The van der Waals surface area contributed by atoms with Gasteiger partial charge in [0.05, 0.1) is 13.2 Å². The van der Waals surface area contributed by atoms with E-state index >= 15 is 0 Å². The van der Waals surface area contributed by atoms with Gasteiger partial charge in [-0.1, -0.05) is 58.3 Å². The Hall–Kier alpha value is -0.500. The fraction of sp³-hybridized carbons (Fsp3) is 0.938. The molecule has 0 heterocycles. The zero-order valence-corrected chi connectivity index (χ0v) is 16.0. The van der Waals surface area contributed by atoms with E-state index in [0.717, 1.165) is 12.8 Å². The van der Waals surface area contributed by atoms with Crippen LogP contribution in [0.5, 0.6) is 0 Å². The summed E-state index contributed by atoms with van der Waals surface area (Å²) < 4.78 is 24.8. The predicted octanol–water partition coefficient (Wildman–Crippen LogP) is 2.89. The van der Waals surface area contributed by atoms with Crippen LogP contribution in [0.4, 0.5) is 0 Å². The van der Waals surface area contributed by atoms with Crippen molar-refractivity contribution in [2.75, 3.05) is 20.0 Å². The van der Waals surface area contributed by atoms with Crippen LogP contribution in [0.3, 0.4) is 0 Å². The molecule has 0 aromatic rings. The molecule has 0 aromatic heterocycles. The number of hydrogen-bond acceptors (Lipinski definition) is 6. The molecule has 0 saturated heterocycles. The quantitative estimate of drug-likeness (QED) is 0.151. The van der Waals surface area contributed by atoms with Gasteiger partial charge in [-0.2, -0.15) is 0 Å². The minimum Gasteiger partial charge on any atom is -0.457 e. The first-order valence-electron chi connectivity index (χ1n) is 8.97. The molecule has 0 unspecified atom stereocenters. The van der Waals surface area contributed by atoms with Gasteiger partial charge >= 0.3 is 13.8 Å². The van der Waals surface area contributed by atoms with Gasteiger partial charge in [0, 0.05) is 6.42 Å². The molecule has 0 bridgehead atoms. The summed E-state index contributed by atoms with van der Waals surface area (Å²) >= 11 is 0. The minimum atomic E-state index is -4.65. The Bertz CT molecular complexity index is 371. The summed E-state index contributed by atoms with van der Waals surface area (Å²) in [5.74, 6) is -0.469. The number of esters is 1. The molecule has 9 heteroatoms. The highest BCUT2D eigenvalue weighted by Crippen LogP contribution is 2.35. The summed E-state index contributed by atoms with van der Waals surface area (Å²) in [4.78, 5) is 29.1. The first kappa shape index (κ1) is 24.5. The number of carbonyl (C=O) groups excluding carboxylic acids is 1. The molecule has 0 saturated carbocycles. The topological polar surface area (TPSA) is 123 Å². The third-order valence-corrected chi connectivity index (χ3v) is 4.09. The van der Waals surface area contributed by atoms with Crippen molar-refractivity contribution in [1.82, 2.24) is 0 Å². The van der Waals surface area contributed by atoms with E-state index in [4.69, 9.17) is 24.4 Å². The van der Waals surface area contributed by atoms with Crippen LogP contribution in [0, 0.1) is 0 Å². The van der Waals surface area contributed by atoms with Crippen LogP contribution in [0.15, 0.2) is 0 Å². The van der Waals surface area contributed by atoms with E-state index in [1.54, 1.807) is 0 Å². The largest absolute Gasteiger partial charge is 0.469 e. The van der Waals surface area contributed by atoms with E-state index in [2.05, 4.69) is 11.4 Å². The second kappa shape index (κ2) is 15.7. The molecule has 0 spiro atoms. The average Bonchev–Trinajstić information content (AvgIpc) is 2.55. The van der Waals surface area contributed by atoms with Crippen molar-refractivity contribution in [2.45, 2.75) is 77.2 Å². The van der Waals surface area contributed by atoms with E-state index in [1.807, 2.05) is 0 Å². The number of phosphoric acid groups is 1. The Kier molecular flexibility index (Phi) is 15.4. The van der Waals surface area contributed by atoms with Crippen molar-refractivity contribution in [3.8, 4) is 0 Å². The van der Waals surface area contributed by atoms with E-state index in [0.29, 0.717) is 6.42 Å². The highest BCUT2D eigenvalue weighted by atomic mass is 31.2. The highest BCUT2D eigenvalue weighted by Gasteiger charge is 2.21.